The molecule has 5 atom stereocenters. The summed E-state index contributed by atoms with van der Waals surface area (Å²) in [6, 6.07) is 0. The Hall–Kier alpha value is -0.870. The first-order valence-corrected chi connectivity index (χ1v) is 9.42. The second kappa shape index (κ2) is 7.57. The molecule has 0 aromatic heterocycles. The Morgan fingerprint density at radius 2 is 2.00 bits per heavy atom. The molecule has 2 aliphatic rings. The smallest absolute Gasteiger partial charge is 0.309 e. The Labute approximate surface area is 146 Å². The first kappa shape index (κ1) is 19.5. The van der Waals surface area contributed by atoms with Crippen LogP contribution in [0, 0.1) is 28.6 Å². The molecule has 0 aliphatic heterocycles. The van der Waals surface area contributed by atoms with Crippen molar-refractivity contribution in [2.45, 2.75) is 65.2 Å². The molecule has 0 aromatic rings. The molecular formula is C20H34O4. The fourth-order valence-corrected chi connectivity index (χ4v) is 5.65. The second-order valence-corrected chi connectivity index (χ2v) is 8.52. The summed E-state index contributed by atoms with van der Waals surface area (Å²) in [7, 11) is 0. The van der Waals surface area contributed by atoms with Gasteiger partial charge in [-0.2, -0.15) is 0 Å². The largest absolute Gasteiger partial charge is 0.481 e. The van der Waals surface area contributed by atoms with Gasteiger partial charge in [-0.1, -0.05) is 25.5 Å². The van der Waals surface area contributed by atoms with Crippen molar-refractivity contribution >= 4 is 5.97 Å². The predicted molar refractivity (Wildman–Crippen MR) is 94.6 cm³/mol. The Bertz CT molecular complexity index is 474. The van der Waals surface area contributed by atoms with Gasteiger partial charge in [0.25, 0.3) is 0 Å². The number of carbonyl (C=O) groups is 1. The topological polar surface area (TPSA) is 77.8 Å². The number of carboxylic acids is 1. The number of hydrogen-bond acceptors (Lipinski definition) is 3. The molecule has 138 valence electrons. The van der Waals surface area contributed by atoms with Crippen molar-refractivity contribution in [3.05, 3.63) is 12.2 Å². The minimum absolute atomic E-state index is 0.0139. The van der Waals surface area contributed by atoms with E-state index in [0.29, 0.717) is 12.3 Å². The maximum Gasteiger partial charge on any atom is 0.309 e. The monoisotopic (exact) mass is 338 g/mol. The number of aliphatic hydroxyl groups is 2. The molecule has 0 unspecified atom stereocenters. The molecule has 24 heavy (non-hydrogen) atoms. The summed E-state index contributed by atoms with van der Waals surface area (Å²) < 4.78 is 0. The van der Waals surface area contributed by atoms with Crippen LogP contribution in [0.5, 0.6) is 0 Å². The summed E-state index contributed by atoms with van der Waals surface area (Å²) in [6.45, 7) is 8.73. The van der Waals surface area contributed by atoms with E-state index in [4.69, 9.17) is 5.11 Å². The molecule has 2 fully saturated rings. The van der Waals surface area contributed by atoms with E-state index in [0.717, 1.165) is 44.9 Å². The van der Waals surface area contributed by atoms with E-state index in [9.17, 15) is 15.0 Å². The van der Waals surface area contributed by atoms with Crippen LogP contribution in [0.15, 0.2) is 12.2 Å². The Kier molecular flexibility index (Phi) is 6.14. The van der Waals surface area contributed by atoms with Crippen molar-refractivity contribution in [2.75, 3.05) is 13.2 Å². The summed E-state index contributed by atoms with van der Waals surface area (Å²) in [5.74, 6) is -0.0143. The van der Waals surface area contributed by atoms with Gasteiger partial charge in [-0.05, 0) is 75.0 Å². The molecule has 2 rings (SSSR count). The lowest BCUT2D eigenvalue weighted by molar-refractivity contribution is -0.164. The van der Waals surface area contributed by atoms with E-state index in [1.165, 1.54) is 5.57 Å². The quantitative estimate of drug-likeness (QED) is 0.620. The van der Waals surface area contributed by atoms with Gasteiger partial charge in [0.15, 0.2) is 0 Å². The SMILES string of the molecule is C=C1CC[C@H]2[C@@](C)(CCC[C@]2(C)C(=O)O)[C@@H]1CC[C@@H](CO)CCO. The fraction of sp³-hybridized carbons (Fsp3) is 0.850. The van der Waals surface area contributed by atoms with Crippen LogP contribution < -0.4 is 0 Å². The van der Waals surface area contributed by atoms with Gasteiger partial charge < -0.3 is 15.3 Å². The molecule has 0 heterocycles. The highest BCUT2D eigenvalue weighted by atomic mass is 16.4. The van der Waals surface area contributed by atoms with Crippen LogP contribution in [-0.4, -0.2) is 34.5 Å². The molecule has 0 aromatic carbocycles. The molecule has 0 saturated heterocycles. The van der Waals surface area contributed by atoms with Crippen molar-refractivity contribution in [3.8, 4) is 0 Å². The fourth-order valence-electron chi connectivity index (χ4n) is 5.65. The van der Waals surface area contributed by atoms with Crippen LogP contribution >= 0.6 is 0 Å². The summed E-state index contributed by atoms with van der Waals surface area (Å²) in [6.07, 6.45) is 7.06. The Morgan fingerprint density at radius 1 is 1.29 bits per heavy atom. The van der Waals surface area contributed by atoms with Crippen molar-refractivity contribution in [2.24, 2.45) is 28.6 Å². The average molecular weight is 338 g/mol. The molecule has 0 amide bonds. The molecule has 3 N–H and O–H groups in total. The molecule has 4 nitrogen and oxygen atoms in total. The summed E-state index contributed by atoms with van der Waals surface area (Å²) in [5.41, 5.74) is 0.608. The van der Waals surface area contributed by atoms with Crippen molar-refractivity contribution in [1.82, 2.24) is 0 Å². The molecule has 0 bridgehead atoms. The number of allylic oxidation sites excluding steroid dienone is 1. The number of hydrogen-bond donors (Lipinski definition) is 3. The van der Waals surface area contributed by atoms with Gasteiger partial charge >= 0.3 is 5.97 Å². The van der Waals surface area contributed by atoms with Crippen molar-refractivity contribution in [1.29, 1.82) is 0 Å². The minimum Gasteiger partial charge on any atom is -0.481 e. The summed E-state index contributed by atoms with van der Waals surface area (Å²) in [5, 5.41) is 28.5. The highest BCUT2D eigenvalue weighted by Crippen LogP contribution is 2.62. The number of fused-ring (bicyclic) bond motifs is 1. The molecule has 0 spiro atoms. The van der Waals surface area contributed by atoms with Gasteiger partial charge in [-0.25, -0.2) is 0 Å². The van der Waals surface area contributed by atoms with E-state index in [1.54, 1.807) is 0 Å². The van der Waals surface area contributed by atoms with Crippen LogP contribution in [0.4, 0.5) is 0 Å². The zero-order chi connectivity index (χ0) is 18.0. The van der Waals surface area contributed by atoms with E-state index in [-0.39, 0.29) is 30.5 Å². The van der Waals surface area contributed by atoms with Gasteiger partial charge in [0.1, 0.15) is 0 Å². The van der Waals surface area contributed by atoms with Crippen LogP contribution in [0.2, 0.25) is 0 Å². The first-order valence-electron chi connectivity index (χ1n) is 9.42. The average Bonchev–Trinajstić information content (AvgIpc) is 2.52. The number of carboxylic acid groups (broad SMARTS) is 1. The minimum atomic E-state index is -0.654. The van der Waals surface area contributed by atoms with Crippen molar-refractivity contribution < 1.29 is 20.1 Å². The first-order chi connectivity index (χ1) is 11.3. The van der Waals surface area contributed by atoms with Crippen molar-refractivity contribution in [3.63, 3.8) is 0 Å². The third kappa shape index (κ3) is 3.41. The van der Waals surface area contributed by atoms with Crippen LogP contribution in [0.3, 0.4) is 0 Å². The summed E-state index contributed by atoms with van der Waals surface area (Å²) in [4.78, 5) is 12.0. The number of aliphatic carboxylic acids is 1. The van der Waals surface area contributed by atoms with Crippen LogP contribution in [0.1, 0.15) is 65.2 Å². The van der Waals surface area contributed by atoms with Crippen LogP contribution in [0.25, 0.3) is 0 Å². The lowest BCUT2D eigenvalue weighted by Gasteiger charge is -2.57. The molecule has 0 radical (unpaired) electrons. The normalized spacial score (nSPS) is 37.8. The predicted octanol–water partition coefficient (Wildman–Crippen LogP) is 3.62. The van der Waals surface area contributed by atoms with E-state index < -0.39 is 11.4 Å². The van der Waals surface area contributed by atoms with Gasteiger partial charge in [0.2, 0.25) is 0 Å². The number of rotatable bonds is 7. The van der Waals surface area contributed by atoms with Gasteiger partial charge in [0, 0.05) is 13.2 Å². The van der Waals surface area contributed by atoms with E-state index >= 15 is 0 Å². The van der Waals surface area contributed by atoms with Gasteiger partial charge in [-0.15, -0.1) is 0 Å². The lowest BCUT2D eigenvalue weighted by atomic mass is 9.46. The molecule has 2 aliphatic carbocycles. The Morgan fingerprint density at radius 3 is 2.58 bits per heavy atom. The lowest BCUT2D eigenvalue weighted by Crippen LogP contribution is -2.53. The van der Waals surface area contributed by atoms with Gasteiger partial charge in [-0.3, -0.25) is 4.79 Å². The highest BCUT2D eigenvalue weighted by Gasteiger charge is 2.57. The zero-order valence-corrected chi connectivity index (χ0v) is 15.3. The van der Waals surface area contributed by atoms with E-state index in [1.807, 2.05) is 6.92 Å². The third-order valence-corrected chi connectivity index (χ3v) is 7.17. The van der Waals surface area contributed by atoms with Gasteiger partial charge in [0.05, 0.1) is 5.41 Å². The zero-order valence-electron chi connectivity index (χ0n) is 15.3. The third-order valence-electron chi connectivity index (χ3n) is 7.17. The molecular weight excluding hydrogens is 304 g/mol. The Balaban J connectivity index is 2.20. The van der Waals surface area contributed by atoms with E-state index in [2.05, 4.69) is 13.5 Å². The second-order valence-electron chi connectivity index (χ2n) is 8.52. The maximum absolute atomic E-state index is 12.0. The molecule has 4 heteroatoms. The number of aliphatic hydroxyl groups excluding tert-OH is 2. The maximum atomic E-state index is 12.0. The summed E-state index contributed by atoms with van der Waals surface area (Å²) >= 11 is 0. The standard InChI is InChI=1S/C20H34O4/c1-14-5-8-17-19(2,10-4-11-20(17,3)18(23)24)16(14)7-6-15(13-22)9-12-21/h15-17,21-22H,1,4-13H2,2-3H3,(H,23,24)/t15-,16-,17+,19+,20+/m1/s1. The molecule has 2 saturated carbocycles. The van der Waals surface area contributed by atoms with Crippen LogP contribution in [-0.2, 0) is 4.79 Å². The highest BCUT2D eigenvalue weighted by molar-refractivity contribution is 5.75.